The van der Waals surface area contributed by atoms with Gasteiger partial charge >= 0.3 is 41.3 Å². The van der Waals surface area contributed by atoms with Crippen LogP contribution >= 0.6 is 0 Å². The molecule has 1 heterocycles. The zero-order valence-electron chi connectivity index (χ0n) is 16.3. The molecule has 0 spiro atoms. The van der Waals surface area contributed by atoms with Crippen LogP contribution in [0.5, 0.6) is 0 Å². The van der Waals surface area contributed by atoms with Crippen molar-refractivity contribution in [3.8, 4) is 0 Å². The van der Waals surface area contributed by atoms with Crippen LogP contribution in [0.1, 0.15) is 13.8 Å². The first-order chi connectivity index (χ1) is 12.6. The van der Waals surface area contributed by atoms with E-state index in [9.17, 15) is 0 Å². The largest absolute Gasteiger partial charge is 1.00 e. The van der Waals surface area contributed by atoms with Gasteiger partial charge in [0.05, 0.1) is 0 Å². The molecule has 1 aromatic heterocycles. The summed E-state index contributed by atoms with van der Waals surface area (Å²) >= 11 is 1.55. The van der Waals surface area contributed by atoms with Crippen molar-refractivity contribution in [2.75, 3.05) is 0 Å². The van der Waals surface area contributed by atoms with Crippen LogP contribution in [0, 0.1) is 0 Å². The molecule has 0 atom stereocenters. The molecule has 0 unspecified atom stereocenters. The molecular weight excluding hydrogens is 464 g/mol. The van der Waals surface area contributed by atoms with Crippen LogP contribution in [-0.4, -0.2) is 7.77 Å². The van der Waals surface area contributed by atoms with Crippen molar-refractivity contribution in [3.05, 3.63) is 84.9 Å². The van der Waals surface area contributed by atoms with Gasteiger partial charge in [0.2, 0.25) is 0 Å². The molecule has 0 aliphatic rings. The van der Waals surface area contributed by atoms with Crippen molar-refractivity contribution in [3.63, 3.8) is 0 Å². The Morgan fingerprint density at radius 3 is 1.93 bits per heavy atom. The van der Waals surface area contributed by atoms with Crippen LogP contribution in [-0.2, 0) is 31.3 Å². The predicted molar refractivity (Wildman–Crippen MR) is 112 cm³/mol. The van der Waals surface area contributed by atoms with Gasteiger partial charge in [-0.05, 0) is 11.6 Å². The molecule has 4 heteroatoms. The molecule has 0 amide bonds. The Bertz CT molecular complexity index is 1110. The molecule has 1 nitrogen and oxygen atoms in total. The summed E-state index contributed by atoms with van der Waals surface area (Å²) in [5.41, 5.74) is 2.66. The summed E-state index contributed by atoms with van der Waals surface area (Å²) < 4.78 is 3.81. The van der Waals surface area contributed by atoms with Gasteiger partial charge in [-0.25, -0.2) is 12.1 Å². The minimum atomic E-state index is 0. The second kappa shape index (κ2) is 11.5. The monoisotopic (exact) mass is 485 g/mol. The summed E-state index contributed by atoms with van der Waals surface area (Å²) in [6.45, 7) is 4.25. The van der Waals surface area contributed by atoms with E-state index >= 15 is 0 Å². The average Bonchev–Trinajstić information content (AvgIpc) is 3.35. The third-order valence-corrected chi connectivity index (χ3v) is 4.22. The maximum absolute atomic E-state index is 2.30. The molecule has 4 aromatic carbocycles. The van der Waals surface area contributed by atoms with Crippen molar-refractivity contribution < 1.29 is 49.0 Å². The first-order valence-electron chi connectivity index (χ1n) is 8.79. The SMILES string of the molecule is C[C](C)=[Zr+2].Cn1c2ccccc2c2[cH-]c3ccccc3c21.[Cl-].[Cl-].c1cc[cH-]c1. The number of hydrogen-bond acceptors (Lipinski definition) is 0. The fraction of sp³-hybridized carbons (Fsp3) is 0.125. The molecule has 144 valence electrons. The number of halogens is 2. The number of benzene rings is 2. The molecule has 0 saturated heterocycles. The summed E-state index contributed by atoms with van der Waals surface area (Å²) in [7, 11) is 2.15. The van der Waals surface area contributed by atoms with Crippen LogP contribution in [0.2, 0.25) is 0 Å². The van der Waals surface area contributed by atoms with Gasteiger partial charge in [0.25, 0.3) is 0 Å². The molecule has 28 heavy (non-hydrogen) atoms. The summed E-state index contributed by atoms with van der Waals surface area (Å²) in [6, 6.07) is 29.5. The number of rotatable bonds is 0. The van der Waals surface area contributed by atoms with Crippen LogP contribution < -0.4 is 24.8 Å². The fourth-order valence-corrected chi connectivity index (χ4v) is 3.21. The van der Waals surface area contributed by atoms with E-state index in [-0.39, 0.29) is 24.8 Å². The first kappa shape index (κ1) is 24.6. The molecule has 5 rings (SSSR count). The van der Waals surface area contributed by atoms with Gasteiger partial charge in [-0.15, -0.1) is 17.5 Å². The van der Waals surface area contributed by atoms with Crippen LogP contribution in [0.25, 0.3) is 32.6 Å². The smallest absolute Gasteiger partial charge is 0.00712 e. The Labute approximate surface area is 194 Å². The molecule has 0 N–H and O–H groups in total. The zero-order chi connectivity index (χ0) is 18.5. The van der Waals surface area contributed by atoms with Gasteiger partial charge in [0.1, 0.15) is 0 Å². The molecule has 0 bridgehead atoms. The van der Waals surface area contributed by atoms with Crippen LogP contribution in [0.15, 0.2) is 84.9 Å². The van der Waals surface area contributed by atoms with E-state index in [1.54, 1.807) is 24.2 Å². The Kier molecular flexibility index (Phi) is 10.1. The second-order valence-electron chi connectivity index (χ2n) is 6.53. The second-order valence-corrected chi connectivity index (χ2v) is 8.99. The maximum atomic E-state index is 2.30. The number of aromatic nitrogens is 1. The molecular formula is C24H23Cl2NZr-2. The van der Waals surface area contributed by atoms with Gasteiger partial charge in [0, 0.05) is 12.6 Å². The van der Waals surface area contributed by atoms with E-state index in [4.69, 9.17) is 0 Å². The number of aryl methyl sites for hydroxylation is 1. The zero-order valence-corrected chi connectivity index (χ0v) is 20.3. The minimum Gasteiger partial charge on any atom is -1.00 e. The van der Waals surface area contributed by atoms with E-state index in [0.29, 0.717) is 0 Å². The normalized spacial score (nSPS) is 9.61. The molecule has 0 aliphatic carbocycles. The molecule has 0 saturated carbocycles. The Balaban J connectivity index is 0.000000302. The fourth-order valence-electron chi connectivity index (χ4n) is 3.21. The predicted octanol–water partition coefficient (Wildman–Crippen LogP) is 0.363. The third kappa shape index (κ3) is 5.54. The van der Waals surface area contributed by atoms with Crippen molar-refractivity contribution >= 4 is 35.8 Å². The van der Waals surface area contributed by atoms with Gasteiger partial charge < -0.3 is 29.4 Å². The van der Waals surface area contributed by atoms with E-state index in [0.717, 1.165) is 0 Å². The van der Waals surface area contributed by atoms with Crippen molar-refractivity contribution in [2.45, 2.75) is 13.8 Å². The topological polar surface area (TPSA) is 4.93 Å². The van der Waals surface area contributed by atoms with Gasteiger partial charge in [-0.2, -0.15) is 18.2 Å². The van der Waals surface area contributed by atoms with Gasteiger partial charge in [-0.1, -0.05) is 52.6 Å². The summed E-state index contributed by atoms with van der Waals surface area (Å²) in [6.07, 6.45) is 0. The van der Waals surface area contributed by atoms with Crippen molar-refractivity contribution in [1.29, 1.82) is 0 Å². The third-order valence-electron chi connectivity index (χ3n) is 4.22. The van der Waals surface area contributed by atoms with E-state index in [1.165, 1.54) is 35.8 Å². The number of nitrogens with zero attached hydrogens (tertiary/aromatic N) is 1. The standard InChI is InChI=1S/C16H12N.C5H5.C3H6.2ClH.Zr/c1-17-15-9-5-4-8-13(15)14-10-11-6-2-3-7-12(11)16(14)17;1-2-4-5-3-1;1-3-2;;;/h2-10H,1H3;1-5H;1-2H3;2*1H;/q2*-1;;;;+2/p-2. The summed E-state index contributed by atoms with van der Waals surface area (Å²) in [5, 5.41) is 5.39. The first-order valence-corrected chi connectivity index (χ1v) is 10.0. The quantitative estimate of drug-likeness (QED) is 0.278. The summed E-state index contributed by atoms with van der Waals surface area (Å²) in [5.74, 6) is 0. The van der Waals surface area contributed by atoms with E-state index in [2.05, 4.69) is 80.1 Å². The number of para-hydroxylation sites is 1. The van der Waals surface area contributed by atoms with Crippen LogP contribution in [0.3, 0.4) is 0 Å². The Morgan fingerprint density at radius 1 is 0.821 bits per heavy atom. The van der Waals surface area contributed by atoms with Crippen molar-refractivity contribution in [2.24, 2.45) is 7.05 Å². The van der Waals surface area contributed by atoms with Gasteiger partial charge in [0.15, 0.2) is 0 Å². The molecule has 5 aromatic rings. The minimum absolute atomic E-state index is 0. The van der Waals surface area contributed by atoms with E-state index in [1.807, 2.05) is 30.3 Å². The number of fused-ring (bicyclic) bond motifs is 5. The Morgan fingerprint density at radius 2 is 1.36 bits per heavy atom. The van der Waals surface area contributed by atoms with Crippen LogP contribution in [0.4, 0.5) is 0 Å². The maximum Gasteiger partial charge on any atom is 0.00712 e. The van der Waals surface area contributed by atoms with E-state index < -0.39 is 0 Å². The molecule has 0 fully saturated rings. The summed E-state index contributed by atoms with van der Waals surface area (Å²) in [4.78, 5) is 0. The van der Waals surface area contributed by atoms with Crippen molar-refractivity contribution in [1.82, 2.24) is 4.57 Å². The van der Waals surface area contributed by atoms with Gasteiger partial charge in [-0.3, -0.25) is 0 Å². The molecule has 0 aliphatic heterocycles. The average molecular weight is 488 g/mol. The molecule has 0 radical (unpaired) electrons. The number of hydrogen-bond donors (Lipinski definition) is 0. The Hall–Kier alpha value is -1.47.